The second kappa shape index (κ2) is 10.4. The van der Waals surface area contributed by atoms with E-state index in [1.807, 2.05) is 0 Å². The maximum absolute atomic E-state index is 13.1. The Hall–Kier alpha value is -3.54. The number of fused-ring (bicyclic) bond motifs is 1. The van der Waals surface area contributed by atoms with Crippen LogP contribution in [0, 0.1) is 0 Å². The lowest BCUT2D eigenvalue weighted by molar-refractivity contribution is -0.274. The van der Waals surface area contributed by atoms with Gasteiger partial charge in [0, 0.05) is 17.4 Å². The summed E-state index contributed by atoms with van der Waals surface area (Å²) in [6.45, 7) is -0.224. The third-order valence-corrected chi connectivity index (χ3v) is 7.48. The summed E-state index contributed by atoms with van der Waals surface area (Å²) < 4.78 is 70.5. The molecular weight excluding hydrogens is 533 g/mol. The van der Waals surface area contributed by atoms with Crippen molar-refractivity contribution >= 4 is 38.5 Å². The van der Waals surface area contributed by atoms with E-state index in [1.54, 1.807) is 30.3 Å². The Labute approximate surface area is 214 Å². The van der Waals surface area contributed by atoms with Gasteiger partial charge in [0.15, 0.2) is 0 Å². The number of ether oxygens (including phenoxy) is 1. The Morgan fingerprint density at radius 2 is 1.76 bits per heavy atom. The van der Waals surface area contributed by atoms with Crippen LogP contribution in [-0.2, 0) is 27.7 Å². The van der Waals surface area contributed by atoms with Crippen LogP contribution in [-0.4, -0.2) is 37.4 Å². The lowest BCUT2D eigenvalue weighted by Crippen LogP contribution is -2.26. The highest BCUT2D eigenvalue weighted by Gasteiger charge is 2.32. The normalized spacial score (nSPS) is 12.1. The van der Waals surface area contributed by atoms with E-state index in [0.717, 1.165) is 6.07 Å². The number of aromatic amines is 1. The van der Waals surface area contributed by atoms with Gasteiger partial charge in [-0.25, -0.2) is 13.1 Å². The minimum absolute atomic E-state index is 0.0758. The van der Waals surface area contributed by atoms with E-state index >= 15 is 0 Å². The molecule has 1 heterocycles. The summed E-state index contributed by atoms with van der Waals surface area (Å²) >= 11 is 6.20. The van der Waals surface area contributed by atoms with E-state index in [1.165, 1.54) is 30.3 Å². The van der Waals surface area contributed by atoms with E-state index in [0.29, 0.717) is 27.7 Å². The molecule has 0 aliphatic heterocycles. The molecule has 0 unspecified atom stereocenters. The molecule has 0 spiro atoms. The van der Waals surface area contributed by atoms with Crippen LogP contribution in [0.1, 0.15) is 11.1 Å². The molecular formula is C25H20ClF3N2O5S. The highest BCUT2D eigenvalue weighted by atomic mass is 35.5. The van der Waals surface area contributed by atoms with Crippen molar-refractivity contribution in [1.29, 1.82) is 0 Å². The van der Waals surface area contributed by atoms with Crippen molar-refractivity contribution in [3.8, 4) is 17.0 Å². The van der Waals surface area contributed by atoms with Gasteiger partial charge in [-0.2, -0.15) is 0 Å². The smallest absolute Gasteiger partial charge is 0.481 e. The summed E-state index contributed by atoms with van der Waals surface area (Å²) in [4.78, 5) is 14.4. The molecule has 0 bridgehead atoms. The molecule has 37 heavy (non-hydrogen) atoms. The molecule has 0 saturated carbocycles. The number of sulfonamides is 1. The van der Waals surface area contributed by atoms with Crippen LogP contribution in [0.25, 0.3) is 22.2 Å². The van der Waals surface area contributed by atoms with Crippen LogP contribution < -0.4 is 9.46 Å². The Balaban J connectivity index is 1.61. The molecule has 1 aromatic heterocycles. The van der Waals surface area contributed by atoms with Gasteiger partial charge in [-0.1, -0.05) is 54.1 Å². The number of aliphatic carboxylic acids is 1. The molecule has 0 saturated heterocycles. The summed E-state index contributed by atoms with van der Waals surface area (Å²) in [5.41, 5.74) is 2.18. The molecule has 4 rings (SSSR count). The first kappa shape index (κ1) is 26.5. The van der Waals surface area contributed by atoms with Crippen molar-refractivity contribution in [3.05, 3.63) is 82.9 Å². The second-order valence-electron chi connectivity index (χ2n) is 8.04. The number of nitrogens with one attached hydrogen (secondary N) is 2. The lowest BCUT2D eigenvalue weighted by Gasteiger charge is -2.14. The van der Waals surface area contributed by atoms with E-state index in [4.69, 9.17) is 11.6 Å². The summed E-state index contributed by atoms with van der Waals surface area (Å²) in [5.74, 6) is -1.47. The standard InChI is InChI=1S/C25H20ClF3N2O5S/c26-19-10-9-16(24-18(14-23(32)33)17-6-2-3-7-20(17)31-24)13-22(19)37(34,35)30-12-11-15-5-1-4-8-21(15)36-25(27,28)29/h1-10,13,30-31H,11-12,14H2,(H,32,33). The fourth-order valence-corrected chi connectivity index (χ4v) is 5.53. The van der Waals surface area contributed by atoms with Gasteiger partial charge in [0.2, 0.25) is 10.0 Å². The van der Waals surface area contributed by atoms with Crippen molar-refractivity contribution in [2.75, 3.05) is 6.54 Å². The summed E-state index contributed by atoms with van der Waals surface area (Å²) in [5, 5.41) is 10.0. The Morgan fingerprint density at radius 3 is 2.49 bits per heavy atom. The second-order valence-corrected chi connectivity index (χ2v) is 10.2. The number of H-pyrrole nitrogens is 1. The monoisotopic (exact) mass is 552 g/mol. The van der Waals surface area contributed by atoms with E-state index in [9.17, 15) is 31.5 Å². The number of carboxylic acids is 1. The Bertz CT molecular complexity index is 1570. The van der Waals surface area contributed by atoms with Gasteiger partial charge in [-0.15, -0.1) is 13.2 Å². The first-order valence-corrected chi connectivity index (χ1v) is 12.8. The van der Waals surface area contributed by atoms with Gasteiger partial charge in [-0.3, -0.25) is 4.79 Å². The minimum Gasteiger partial charge on any atom is -0.481 e. The molecule has 3 N–H and O–H groups in total. The number of para-hydroxylation sites is 2. The molecule has 7 nitrogen and oxygen atoms in total. The number of benzene rings is 3. The molecule has 0 aliphatic carbocycles. The van der Waals surface area contributed by atoms with Crippen LogP contribution in [0.15, 0.2) is 71.6 Å². The summed E-state index contributed by atoms with van der Waals surface area (Å²) in [6.07, 6.45) is -5.25. The highest BCUT2D eigenvalue weighted by Crippen LogP contribution is 2.34. The minimum atomic E-state index is -4.88. The van der Waals surface area contributed by atoms with Crippen molar-refractivity contribution in [3.63, 3.8) is 0 Å². The number of halogens is 4. The van der Waals surface area contributed by atoms with Gasteiger partial charge >= 0.3 is 12.3 Å². The average Bonchev–Trinajstić information content (AvgIpc) is 3.17. The van der Waals surface area contributed by atoms with Gasteiger partial charge in [-0.05, 0) is 47.4 Å². The quantitative estimate of drug-likeness (QED) is 0.253. The van der Waals surface area contributed by atoms with Crippen LogP contribution in [0.3, 0.4) is 0 Å². The molecule has 3 aromatic carbocycles. The molecule has 0 amide bonds. The number of rotatable bonds is 9. The SMILES string of the molecule is O=C(O)Cc1c(-c2ccc(Cl)c(S(=O)(=O)NCCc3ccccc3OC(F)(F)F)c2)[nH]c2ccccc12. The number of hydrogen-bond acceptors (Lipinski definition) is 4. The summed E-state index contributed by atoms with van der Waals surface area (Å²) in [6, 6.07) is 16.8. The van der Waals surface area contributed by atoms with E-state index in [2.05, 4.69) is 14.4 Å². The first-order valence-electron chi connectivity index (χ1n) is 10.9. The Morgan fingerprint density at radius 1 is 1.05 bits per heavy atom. The molecule has 0 atom stereocenters. The molecule has 0 radical (unpaired) electrons. The fraction of sp³-hybridized carbons (Fsp3) is 0.160. The van der Waals surface area contributed by atoms with Crippen LogP contribution >= 0.6 is 11.6 Å². The largest absolute Gasteiger partial charge is 0.573 e. The molecule has 194 valence electrons. The maximum Gasteiger partial charge on any atom is 0.573 e. The van der Waals surface area contributed by atoms with Gasteiger partial charge in [0.05, 0.1) is 17.1 Å². The number of carbonyl (C=O) groups is 1. The zero-order chi connectivity index (χ0) is 26.8. The predicted octanol–water partition coefficient (Wildman–Crippen LogP) is 5.54. The van der Waals surface area contributed by atoms with Crippen molar-refractivity contribution < 1.29 is 36.2 Å². The number of alkyl halides is 3. The zero-order valence-corrected chi connectivity index (χ0v) is 20.5. The molecule has 12 heteroatoms. The van der Waals surface area contributed by atoms with Crippen molar-refractivity contribution in [2.24, 2.45) is 0 Å². The summed E-state index contributed by atoms with van der Waals surface area (Å²) in [7, 11) is -4.18. The van der Waals surface area contributed by atoms with Crippen molar-refractivity contribution in [1.82, 2.24) is 9.71 Å². The third-order valence-electron chi connectivity index (χ3n) is 5.54. The fourth-order valence-electron chi connectivity index (χ4n) is 3.98. The number of aromatic nitrogens is 1. The Kier molecular flexibility index (Phi) is 7.49. The van der Waals surface area contributed by atoms with Crippen LogP contribution in [0.2, 0.25) is 5.02 Å². The van der Waals surface area contributed by atoms with Crippen LogP contribution in [0.5, 0.6) is 5.75 Å². The van der Waals surface area contributed by atoms with E-state index < -0.39 is 28.1 Å². The lowest BCUT2D eigenvalue weighted by atomic mass is 10.0. The molecule has 0 fully saturated rings. The predicted molar refractivity (Wildman–Crippen MR) is 132 cm³/mol. The maximum atomic E-state index is 13.1. The van der Waals surface area contributed by atoms with Gasteiger partial charge < -0.3 is 14.8 Å². The highest BCUT2D eigenvalue weighted by molar-refractivity contribution is 7.89. The zero-order valence-electron chi connectivity index (χ0n) is 19.0. The number of hydrogen-bond donors (Lipinski definition) is 3. The first-order chi connectivity index (χ1) is 17.4. The molecule has 4 aromatic rings. The topological polar surface area (TPSA) is 108 Å². The average molecular weight is 553 g/mol. The third kappa shape index (κ3) is 6.24. The van der Waals surface area contributed by atoms with Gasteiger partial charge in [0.25, 0.3) is 0 Å². The molecule has 0 aliphatic rings. The van der Waals surface area contributed by atoms with Crippen LogP contribution in [0.4, 0.5) is 13.2 Å². The van der Waals surface area contributed by atoms with Crippen molar-refractivity contribution in [2.45, 2.75) is 24.1 Å². The van der Waals surface area contributed by atoms with Gasteiger partial charge in [0.1, 0.15) is 10.6 Å². The van der Waals surface area contributed by atoms with E-state index in [-0.39, 0.29) is 34.9 Å². The number of carboxylic acid groups (broad SMARTS) is 1.